The molecule has 1 aromatic carbocycles. The van der Waals surface area contributed by atoms with E-state index in [0.29, 0.717) is 12.1 Å². The highest BCUT2D eigenvalue weighted by atomic mass is 19.1. The molecule has 0 aliphatic carbocycles. The van der Waals surface area contributed by atoms with E-state index in [1.54, 1.807) is 18.2 Å². The summed E-state index contributed by atoms with van der Waals surface area (Å²) in [6.45, 7) is 5.89. The van der Waals surface area contributed by atoms with Crippen molar-refractivity contribution in [3.8, 4) is 0 Å². The predicted molar refractivity (Wildman–Crippen MR) is 71.6 cm³/mol. The van der Waals surface area contributed by atoms with E-state index in [1.165, 1.54) is 6.07 Å². The SMILES string of the molecule is C[C@@H]1CN(CC(=O)Cc2ccccc2F)C[C@H](C)O1. The summed E-state index contributed by atoms with van der Waals surface area (Å²) in [5.41, 5.74) is 0.474. The largest absolute Gasteiger partial charge is 0.373 e. The lowest BCUT2D eigenvalue weighted by molar-refractivity contribution is -0.123. The standard InChI is InChI=1S/C15H20FNO2/c1-11-8-17(9-12(2)19-11)10-14(18)7-13-5-3-4-6-15(13)16/h3-6,11-12H,7-10H2,1-2H3/t11-,12+. The van der Waals surface area contributed by atoms with Crippen molar-refractivity contribution >= 4 is 5.78 Å². The summed E-state index contributed by atoms with van der Waals surface area (Å²) in [5, 5.41) is 0. The number of halogens is 1. The van der Waals surface area contributed by atoms with Crippen LogP contribution in [0.3, 0.4) is 0 Å². The summed E-state index contributed by atoms with van der Waals surface area (Å²) in [7, 11) is 0. The molecule has 1 saturated heterocycles. The molecule has 1 aliphatic rings. The van der Waals surface area contributed by atoms with E-state index >= 15 is 0 Å². The molecule has 3 nitrogen and oxygen atoms in total. The molecule has 0 amide bonds. The minimum absolute atomic E-state index is 0.0476. The first kappa shape index (κ1) is 14.2. The van der Waals surface area contributed by atoms with Crippen LogP contribution in [0, 0.1) is 5.82 Å². The Morgan fingerprint density at radius 3 is 2.58 bits per heavy atom. The zero-order chi connectivity index (χ0) is 13.8. The lowest BCUT2D eigenvalue weighted by Crippen LogP contribution is -2.47. The molecule has 0 bridgehead atoms. The summed E-state index contributed by atoms with van der Waals surface area (Å²) < 4.78 is 19.1. The third kappa shape index (κ3) is 4.11. The van der Waals surface area contributed by atoms with Crippen molar-refractivity contribution in [2.75, 3.05) is 19.6 Å². The number of nitrogens with zero attached hydrogens (tertiary/aromatic N) is 1. The highest BCUT2D eigenvalue weighted by molar-refractivity contribution is 5.82. The Bertz CT molecular complexity index is 440. The van der Waals surface area contributed by atoms with Gasteiger partial charge < -0.3 is 4.74 Å². The van der Waals surface area contributed by atoms with Gasteiger partial charge in [0.05, 0.1) is 18.8 Å². The summed E-state index contributed by atoms with van der Waals surface area (Å²) in [4.78, 5) is 14.1. The molecule has 2 rings (SSSR count). The van der Waals surface area contributed by atoms with Gasteiger partial charge in [-0.3, -0.25) is 9.69 Å². The predicted octanol–water partition coefficient (Wildman–Crippen LogP) is 2.05. The van der Waals surface area contributed by atoms with Gasteiger partial charge in [-0.15, -0.1) is 0 Å². The molecule has 0 unspecified atom stereocenters. The molecule has 0 radical (unpaired) electrons. The van der Waals surface area contributed by atoms with E-state index < -0.39 is 0 Å². The molecule has 0 spiro atoms. The first-order chi connectivity index (χ1) is 9.04. The fraction of sp³-hybridized carbons (Fsp3) is 0.533. The maximum atomic E-state index is 13.5. The van der Waals surface area contributed by atoms with E-state index in [-0.39, 0.29) is 30.2 Å². The van der Waals surface area contributed by atoms with E-state index in [9.17, 15) is 9.18 Å². The molecule has 2 atom stereocenters. The fourth-order valence-corrected chi connectivity index (χ4v) is 2.57. The van der Waals surface area contributed by atoms with Gasteiger partial charge in [0, 0.05) is 19.5 Å². The zero-order valence-electron chi connectivity index (χ0n) is 11.4. The number of carbonyl (C=O) groups excluding carboxylic acids is 1. The Kier molecular flexibility index (Phi) is 4.66. The number of ketones is 1. The topological polar surface area (TPSA) is 29.5 Å². The maximum Gasteiger partial charge on any atom is 0.151 e. The van der Waals surface area contributed by atoms with Gasteiger partial charge in [-0.05, 0) is 25.5 Å². The fourth-order valence-electron chi connectivity index (χ4n) is 2.57. The number of hydrogen-bond acceptors (Lipinski definition) is 3. The highest BCUT2D eigenvalue weighted by Gasteiger charge is 2.23. The van der Waals surface area contributed by atoms with Crippen LogP contribution in [0.1, 0.15) is 19.4 Å². The average Bonchev–Trinajstić information content (AvgIpc) is 2.30. The molecular formula is C15H20FNO2. The second-order valence-electron chi connectivity index (χ2n) is 5.26. The molecule has 0 N–H and O–H groups in total. The van der Waals surface area contributed by atoms with Crippen LogP contribution in [-0.2, 0) is 16.0 Å². The first-order valence-corrected chi connectivity index (χ1v) is 6.67. The third-order valence-corrected chi connectivity index (χ3v) is 3.24. The highest BCUT2D eigenvalue weighted by Crippen LogP contribution is 2.12. The van der Waals surface area contributed by atoms with Crippen LogP contribution in [0.5, 0.6) is 0 Å². The molecule has 4 heteroatoms. The lowest BCUT2D eigenvalue weighted by Gasteiger charge is -2.34. The van der Waals surface area contributed by atoms with Gasteiger partial charge in [-0.2, -0.15) is 0 Å². The molecule has 104 valence electrons. The van der Waals surface area contributed by atoms with Crippen molar-refractivity contribution in [2.24, 2.45) is 0 Å². The van der Waals surface area contributed by atoms with Crippen molar-refractivity contribution in [3.63, 3.8) is 0 Å². The van der Waals surface area contributed by atoms with Gasteiger partial charge in [0.25, 0.3) is 0 Å². The maximum absolute atomic E-state index is 13.5. The molecule has 19 heavy (non-hydrogen) atoms. The van der Waals surface area contributed by atoms with Crippen molar-refractivity contribution in [3.05, 3.63) is 35.6 Å². The minimum Gasteiger partial charge on any atom is -0.373 e. The van der Waals surface area contributed by atoms with Crippen molar-refractivity contribution in [2.45, 2.75) is 32.5 Å². The summed E-state index contributed by atoms with van der Waals surface area (Å²) in [5.74, 6) is -0.258. The molecule has 0 aromatic heterocycles. The monoisotopic (exact) mass is 265 g/mol. The Hall–Kier alpha value is -1.26. The molecule has 1 aromatic rings. The van der Waals surface area contributed by atoms with Crippen molar-refractivity contribution in [1.82, 2.24) is 4.90 Å². The first-order valence-electron chi connectivity index (χ1n) is 6.67. The second kappa shape index (κ2) is 6.26. The number of morpholine rings is 1. The molecular weight excluding hydrogens is 245 g/mol. The quantitative estimate of drug-likeness (QED) is 0.834. The van der Waals surface area contributed by atoms with Crippen LogP contribution in [0.4, 0.5) is 4.39 Å². The molecule has 0 saturated carbocycles. The summed E-state index contributed by atoms with van der Waals surface area (Å²) in [6, 6.07) is 6.44. The average molecular weight is 265 g/mol. The third-order valence-electron chi connectivity index (χ3n) is 3.24. The van der Waals surface area contributed by atoms with Crippen molar-refractivity contribution < 1.29 is 13.9 Å². The van der Waals surface area contributed by atoms with Crippen LogP contribution in [0.2, 0.25) is 0 Å². The van der Waals surface area contributed by atoms with E-state index in [2.05, 4.69) is 4.90 Å². The number of ether oxygens (including phenoxy) is 1. The number of carbonyl (C=O) groups is 1. The van der Waals surface area contributed by atoms with E-state index in [1.807, 2.05) is 13.8 Å². The van der Waals surface area contributed by atoms with Gasteiger partial charge in [-0.25, -0.2) is 4.39 Å². The lowest BCUT2D eigenvalue weighted by atomic mass is 10.1. The molecule has 1 fully saturated rings. The van der Waals surface area contributed by atoms with Gasteiger partial charge in [-0.1, -0.05) is 18.2 Å². The van der Waals surface area contributed by atoms with Gasteiger partial charge in [0.2, 0.25) is 0 Å². The number of rotatable bonds is 4. The molecule has 1 aliphatic heterocycles. The van der Waals surface area contributed by atoms with Crippen molar-refractivity contribution in [1.29, 1.82) is 0 Å². The van der Waals surface area contributed by atoms with E-state index in [0.717, 1.165) is 13.1 Å². The zero-order valence-corrected chi connectivity index (χ0v) is 11.4. The Labute approximate surface area is 113 Å². The normalized spacial score (nSPS) is 24.4. The van der Waals surface area contributed by atoms with Crippen LogP contribution < -0.4 is 0 Å². The molecule has 1 heterocycles. The van der Waals surface area contributed by atoms with Crippen LogP contribution >= 0.6 is 0 Å². The minimum atomic E-state index is -0.306. The summed E-state index contributed by atoms with van der Waals surface area (Å²) in [6.07, 6.45) is 0.447. The van der Waals surface area contributed by atoms with E-state index in [4.69, 9.17) is 4.74 Å². The Balaban J connectivity index is 1.89. The van der Waals surface area contributed by atoms with Gasteiger partial charge in [0.15, 0.2) is 5.78 Å². The van der Waals surface area contributed by atoms with Crippen LogP contribution in [0.15, 0.2) is 24.3 Å². The van der Waals surface area contributed by atoms with Crippen LogP contribution in [-0.4, -0.2) is 42.5 Å². The number of Topliss-reactive ketones (excluding diaryl/α,β-unsaturated/α-hetero) is 1. The number of hydrogen-bond donors (Lipinski definition) is 0. The smallest absolute Gasteiger partial charge is 0.151 e. The van der Waals surface area contributed by atoms with Gasteiger partial charge in [0.1, 0.15) is 5.82 Å². The Morgan fingerprint density at radius 1 is 1.32 bits per heavy atom. The second-order valence-corrected chi connectivity index (χ2v) is 5.26. The van der Waals surface area contributed by atoms with Gasteiger partial charge >= 0.3 is 0 Å². The summed E-state index contributed by atoms with van der Waals surface area (Å²) >= 11 is 0. The van der Waals surface area contributed by atoms with Crippen LogP contribution in [0.25, 0.3) is 0 Å². The number of benzene rings is 1. The Morgan fingerprint density at radius 2 is 1.95 bits per heavy atom.